The number of benzene rings is 2. The molecule has 0 amide bonds. The molecule has 2 atom stereocenters. The Kier molecular flexibility index (Phi) is 5.28. The van der Waals surface area contributed by atoms with Gasteiger partial charge in [0.25, 0.3) is 0 Å². The van der Waals surface area contributed by atoms with Gasteiger partial charge in [-0.2, -0.15) is 5.26 Å². The van der Waals surface area contributed by atoms with Crippen molar-refractivity contribution in [3.8, 4) is 6.07 Å². The zero-order chi connectivity index (χ0) is 18.6. The molecule has 2 unspecified atom stereocenters. The van der Waals surface area contributed by atoms with Crippen LogP contribution in [0.15, 0.2) is 48.5 Å². The molecule has 2 N–H and O–H groups in total. The van der Waals surface area contributed by atoms with Gasteiger partial charge in [-0.25, -0.2) is 0 Å². The lowest BCUT2D eigenvalue weighted by atomic mass is 9.89. The first-order valence-electron chi connectivity index (χ1n) is 9.69. The summed E-state index contributed by atoms with van der Waals surface area (Å²) < 4.78 is 5.53. The number of nitrogen functional groups attached to an aromatic ring is 1. The van der Waals surface area contributed by atoms with Gasteiger partial charge in [0.2, 0.25) is 0 Å². The van der Waals surface area contributed by atoms with E-state index in [0.29, 0.717) is 17.3 Å². The summed E-state index contributed by atoms with van der Waals surface area (Å²) in [5.74, 6) is 0. The van der Waals surface area contributed by atoms with Gasteiger partial charge in [0.1, 0.15) is 6.07 Å². The Bertz CT molecular complexity index is 811. The zero-order valence-electron chi connectivity index (χ0n) is 15.6. The standard InChI is InChI=1S/C22H26N4O/c23-16-18-14-19(24)6-7-21(18)26-9-8-20(25-10-12-27-13-11-25)15-22(26)17-4-2-1-3-5-17/h1-7,14,20,22H,8-13,15,24H2. The number of hydrogen-bond acceptors (Lipinski definition) is 5. The van der Waals surface area contributed by atoms with E-state index in [9.17, 15) is 5.26 Å². The molecule has 2 aliphatic rings. The predicted molar refractivity (Wildman–Crippen MR) is 108 cm³/mol. The van der Waals surface area contributed by atoms with Crippen molar-refractivity contribution in [3.05, 3.63) is 59.7 Å². The molecule has 2 aliphatic heterocycles. The number of nitrogens with zero attached hydrogens (tertiary/aromatic N) is 3. The van der Waals surface area contributed by atoms with Crippen molar-refractivity contribution in [2.45, 2.75) is 24.9 Å². The van der Waals surface area contributed by atoms with Crippen LogP contribution in [0.2, 0.25) is 0 Å². The van der Waals surface area contributed by atoms with E-state index in [1.54, 1.807) is 6.07 Å². The molecule has 0 saturated carbocycles. The van der Waals surface area contributed by atoms with E-state index in [0.717, 1.165) is 51.4 Å². The van der Waals surface area contributed by atoms with Crippen LogP contribution in [0, 0.1) is 11.3 Å². The molecule has 0 aliphatic carbocycles. The van der Waals surface area contributed by atoms with Crippen LogP contribution >= 0.6 is 0 Å². The Morgan fingerprint density at radius 2 is 1.81 bits per heavy atom. The third-order valence-electron chi connectivity index (χ3n) is 5.77. The van der Waals surface area contributed by atoms with Crippen LogP contribution in [0.25, 0.3) is 0 Å². The predicted octanol–water partition coefficient (Wildman–Crippen LogP) is 3.18. The third-order valence-corrected chi connectivity index (χ3v) is 5.77. The molecular formula is C22H26N4O. The number of nitrogens with two attached hydrogens (primary N) is 1. The van der Waals surface area contributed by atoms with Crippen LogP contribution in [0.1, 0.15) is 30.0 Å². The van der Waals surface area contributed by atoms with Gasteiger partial charge in [-0.3, -0.25) is 4.90 Å². The molecule has 2 heterocycles. The fourth-order valence-electron chi connectivity index (χ4n) is 4.39. The molecule has 140 valence electrons. The highest BCUT2D eigenvalue weighted by Gasteiger charge is 2.34. The molecule has 4 rings (SSSR count). The lowest BCUT2D eigenvalue weighted by Crippen LogP contribution is -2.50. The second-order valence-corrected chi connectivity index (χ2v) is 7.33. The highest BCUT2D eigenvalue weighted by molar-refractivity contribution is 5.65. The minimum absolute atomic E-state index is 0.253. The van der Waals surface area contributed by atoms with Gasteiger partial charge in [0, 0.05) is 31.4 Å². The molecule has 0 spiro atoms. The van der Waals surface area contributed by atoms with E-state index in [1.165, 1.54) is 5.56 Å². The lowest BCUT2D eigenvalue weighted by molar-refractivity contribution is 0.00838. The summed E-state index contributed by atoms with van der Waals surface area (Å²) >= 11 is 0. The topological polar surface area (TPSA) is 65.5 Å². The minimum atomic E-state index is 0.253. The molecule has 27 heavy (non-hydrogen) atoms. The molecule has 2 fully saturated rings. The van der Waals surface area contributed by atoms with Crippen LogP contribution in [0.3, 0.4) is 0 Å². The molecule has 2 saturated heterocycles. The summed E-state index contributed by atoms with van der Waals surface area (Å²) in [7, 11) is 0. The molecule has 0 bridgehead atoms. The van der Waals surface area contributed by atoms with Gasteiger partial charge in [-0.1, -0.05) is 30.3 Å². The van der Waals surface area contributed by atoms with Gasteiger partial charge >= 0.3 is 0 Å². The van der Waals surface area contributed by atoms with E-state index in [4.69, 9.17) is 10.5 Å². The van der Waals surface area contributed by atoms with Crippen LogP contribution in [0.5, 0.6) is 0 Å². The van der Waals surface area contributed by atoms with E-state index >= 15 is 0 Å². The molecule has 5 heteroatoms. The van der Waals surface area contributed by atoms with Crippen LogP contribution in [-0.2, 0) is 4.74 Å². The summed E-state index contributed by atoms with van der Waals surface area (Å²) in [6.07, 6.45) is 2.15. The van der Waals surface area contributed by atoms with Crippen LogP contribution < -0.4 is 10.6 Å². The maximum absolute atomic E-state index is 9.63. The van der Waals surface area contributed by atoms with Crippen molar-refractivity contribution in [2.75, 3.05) is 43.5 Å². The first kappa shape index (κ1) is 17.8. The van der Waals surface area contributed by atoms with Crippen LogP contribution in [-0.4, -0.2) is 43.8 Å². The molecule has 0 radical (unpaired) electrons. The zero-order valence-corrected chi connectivity index (χ0v) is 15.6. The second kappa shape index (κ2) is 7.99. The number of nitriles is 1. The molecule has 0 aromatic heterocycles. The molecule has 5 nitrogen and oxygen atoms in total. The van der Waals surface area contributed by atoms with Crippen molar-refractivity contribution < 1.29 is 4.74 Å². The van der Waals surface area contributed by atoms with E-state index in [-0.39, 0.29) is 6.04 Å². The Balaban J connectivity index is 1.66. The number of anilines is 2. The summed E-state index contributed by atoms with van der Waals surface area (Å²) in [6, 6.07) is 19.5. The van der Waals surface area contributed by atoms with Gasteiger partial charge < -0.3 is 15.4 Å². The monoisotopic (exact) mass is 362 g/mol. The van der Waals surface area contributed by atoms with Gasteiger partial charge in [0.15, 0.2) is 0 Å². The van der Waals surface area contributed by atoms with Crippen molar-refractivity contribution >= 4 is 11.4 Å². The van der Waals surface area contributed by atoms with Gasteiger partial charge in [-0.05, 0) is 36.6 Å². The SMILES string of the molecule is N#Cc1cc(N)ccc1N1CCC(N2CCOCC2)CC1c1ccccc1. The van der Waals surface area contributed by atoms with Gasteiger partial charge in [0.05, 0.1) is 30.5 Å². The fourth-order valence-corrected chi connectivity index (χ4v) is 4.39. The maximum Gasteiger partial charge on any atom is 0.101 e. The van der Waals surface area contributed by atoms with E-state index in [2.05, 4.69) is 46.2 Å². The Hall–Kier alpha value is -2.55. The van der Waals surface area contributed by atoms with E-state index < -0.39 is 0 Å². The van der Waals surface area contributed by atoms with Crippen LogP contribution in [0.4, 0.5) is 11.4 Å². The van der Waals surface area contributed by atoms with Crippen molar-refractivity contribution in [3.63, 3.8) is 0 Å². The first-order valence-corrected chi connectivity index (χ1v) is 9.69. The second-order valence-electron chi connectivity index (χ2n) is 7.33. The average molecular weight is 362 g/mol. The number of rotatable bonds is 3. The smallest absolute Gasteiger partial charge is 0.101 e. The Morgan fingerprint density at radius 1 is 1.04 bits per heavy atom. The number of hydrogen-bond donors (Lipinski definition) is 1. The normalized spacial score (nSPS) is 23.7. The largest absolute Gasteiger partial charge is 0.399 e. The Morgan fingerprint density at radius 3 is 2.56 bits per heavy atom. The highest BCUT2D eigenvalue weighted by Crippen LogP contribution is 2.38. The highest BCUT2D eigenvalue weighted by atomic mass is 16.5. The molecular weight excluding hydrogens is 336 g/mol. The third kappa shape index (κ3) is 3.78. The molecule has 2 aromatic carbocycles. The Labute approximate surface area is 160 Å². The summed E-state index contributed by atoms with van der Waals surface area (Å²) in [4.78, 5) is 4.97. The summed E-state index contributed by atoms with van der Waals surface area (Å²) in [6.45, 7) is 4.61. The number of ether oxygens (including phenoxy) is 1. The molecule has 2 aromatic rings. The van der Waals surface area contributed by atoms with Crippen molar-refractivity contribution in [2.24, 2.45) is 0 Å². The first-order chi connectivity index (χ1) is 13.3. The van der Waals surface area contributed by atoms with Crippen molar-refractivity contribution in [1.29, 1.82) is 5.26 Å². The average Bonchev–Trinajstić information content (AvgIpc) is 2.74. The number of morpholine rings is 1. The number of piperidine rings is 1. The summed E-state index contributed by atoms with van der Waals surface area (Å²) in [5, 5.41) is 9.63. The maximum atomic E-state index is 9.63. The van der Waals surface area contributed by atoms with Gasteiger partial charge in [-0.15, -0.1) is 0 Å². The lowest BCUT2D eigenvalue weighted by Gasteiger charge is -2.46. The van der Waals surface area contributed by atoms with Crippen molar-refractivity contribution in [1.82, 2.24) is 4.90 Å². The summed E-state index contributed by atoms with van der Waals surface area (Å²) in [5.41, 5.74) is 9.49. The minimum Gasteiger partial charge on any atom is -0.399 e. The quantitative estimate of drug-likeness (QED) is 0.850. The van der Waals surface area contributed by atoms with E-state index in [1.807, 2.05) is 12.1 Å². The fraction of sp³-hybridized carbons (Fsp3) is 0.409.